The molecule has 0 unspecified atom stereocenters. The first-order valence-corrected chi connectivity index (χ1v) is 10.5. The molecule has 0 atom stereocenters. The molecule has 230 valence electrons. The molecular weight excluding hydrogens is 631 g/mol. The molecule has 21 heteroatoms. The number of piperazine rings is 1. The average molecular weight is 643 g/mol. The summed E-state index contributed by atoms with van der Waals surface area (Å²) in [6, 6.07) is 4.57. The molecule has 1 aromatic rings. The van der Waals surface area contributed by atoms with Gasteiger partial charge in [-0.1, -0.05) is 12.1 Å². The van der Waals surface area contributed by atoms with E-state index < -0.39 is 84.7 Å². The van der Waals surface area contributed by atoms with Crippen LogP contribution < -0.4 is 4.90 Å². The third kappa shape index (κ3) is 4.66. The summed E-state index contributed by atoms with van der Waals surface area (Å²) < 4.78 is 231. The van der Waals surface area contributed by atoms with Crippen molar-refractivity contribution in [3.05, 3.63) is 30.1 Å². The highest BCUT2D eigenvalue weighted by molar-refractivity contribution is 6.22. The molecular formula is C19H12ClF17N2O. The van der Waals surface area contributed by atoms with Crippen molar-refractivity contribution < 1.29 is 79.4 Å². The number of amides is 1. The summed E-state index contributed by atoms with van der Waals surface area (Å²) in [6.45, 7) is -3.53. The summed E-state index contributed by atoms with van der Waals surface area (Å²) in [4.78, 5) is 12.6. The molecule has 1 saturated heterocycles. The number of nitrogens with zero attached hydrogens (tertiary/aromatic N) is 2. The molecule has 0 saturated carbocycles. The van der Waals surface area contributed by atoms with Crippen molar-refractivity contribution in [2.24, 2.45) is 0 Å². The van der Waals surface area contributed by atoms with Gasteiger partial charge in [-0.3, -0.25) is 4.79 Å². The second-order valence-electron chi connectivity index (χ2n) is 8.25. The van der Waals surface area contributed by atoms with Crippen molar-refractivity contribution >= 4 is 23.2 Å². The van der Waals surface area contributed by atoms with E-state index in [1.807, 2.05) is 0 Å². The molecule has 40 heavy (non-hydrogen) atoms. The second-order valence-corrected chi connectivity index (χ2v) is 8.72. The minimum Gasteiger partial charge on any atom is -0.366 e. The molecule has 1 heterocycles. The monoisotopic (exact) mass is 642 g/mol. The van der Waals surface area contributed by atoms with Gasteiger partial charge in [0.15, 0.2) is 0 Å². The molecule has 0 N–H and O–H groups in total. The van der Waals surface area contributed by atoms with Gasteiger partial charge in [0.2, 0.25) is 0 Å². The van der Waals surface area contributed by atoms with Crippen LogP contribution in [0.4, 0.5) is 80.3 Å². The van der Waals surface area contributed by atoms with E-state index in [0.717, 1.165) is 17.0 Å². The number of halogens is 18. The van der Waals surface area contributed by atoms with Gasteiger partial charge in [0.05, 0.1) is 5.69 Å². The van der Waals surface area contributed by atoms with Crippen molar-refractivity contribution in [3.8, 4) is 0 Å². The number of hydrogen-bond acceptors (Lipinski definition) is 2. The fourth-order valence-corrected chi connectivity index (χ4v) is 3.47. The van der Waals surface area contributed by atoms with Gasteiger partial charge in [-0.25, -0.2) is 4.39 Å². The Kier molecular flexibility index (Phi) is 8.32. The molecule has 1 fully saturated rings. The molecule has 0 aliphatic carbocycles. The van der Waals surface area contributed by atoms with Crippen LogP contribution in [-0.2, 0) is 4.79 Å². The van der Waals surface area contributed by atoms with Crippen molar-refractivity contribution in [2.45, 2.75) is 46.8 Å². The van der Waals surface area contributed by atoms with Crippen LogP contribution in [0.1, 0.15) is 0 Å². The largest absolute Gasteiger partial charge is 0.393 e. The summed E-state index contributed by atoms with van der Waals surface area (Å²) in [5.74, 6) is -61.4. The number of carbonyl (C=O) groups is 1. The number of alkyl halides is 17. The lowest BCUT2D eigenvalue weighted by atomic mass is 9.88. The number of carbonyl (C=O) groups excluding carboxylic acids is 1. The SMILES string of the molecule is O=C(N1CCN(c2ccccc2F)CC1)C(F)(F)C(F)(F)C(F)(F)C(F)(F)C(F)(F)C(F)(F)C(F)(F)C(F)(F)Cl. The molecule has 0 radical (unpaired) electrons. The summed E-state index contributed by atoms with van der Waals surface area (Å²) in [7, 11) is 0. The number of hydrogen-bond donors (Lipinski definition) is 0. The van der Waals surface area contributed by atoms with E-state index in [-0.39, 0.29) is 10.6 Å². The van der Waals surface area contributed by atoms with Crippen molar-refractivity contribution in [3.63, 3.8) is 0 Å². The molecule has 3 nitrogen and oxygen atoms in total. The Balaban J connectivity index is 2.41. The van der Waals surface area contributed by atoms with Crippen molar-refractivity contribution in [1.82, 2.24) is 4.90 Å². The van der Waals surface area contributed by atoms with Gasteiger partial charge < -0.3 is 9.80 Å². The highest BCUT2D eigenvalue weighted by Crippen LogP contribution is 2.64. The molecule has 1 aliphatic rings. The van der Waals surface area contributed by atoms with E-state index in [4.69, 9.17) is 0 Å². The maximum absolute atomic E-state index is 14.2. The highest BCUT2D eigenvalue weighted by Gasteiger charge is 2.95. The summed E-state index contributed by atoms with van der Waals surface area (Å²) >= 11 is 3.46. The fraction of sp³-hybridized carbons (Fsp3) is 0.632. The number of para-hydroxylation sites is 1. The zero-order chi connectivity index (χ0) is 31.5. The quantitative estimate of drug-likeness (QED) is 0.220. The first kappa shape index (κ1) is 33.8. The smallest absolute Gasteiger partial charge is 0.366 e. The first-order valence-electron chi connectivity index (χ1n) is 10.1. The summed E-state index contributed by atoms with van der Waals surface area (Å²) in [5.41, 5.74) is -0.208. The molecule has 0 spiro atoms. The Bertz CT molecular complexity index is 1100. The minimum absolute atomic E-state index is 0.208. The average Bonchev–Trinajstić information content (AvgIpc) is 2.82. The maximum Gasteiger partial charge on any atom is 0.393 e. The van der Waals surface area contributed by atoms with Crippen LogP contribution in [0.25, 0.3) is 0 Å². The van der Waals surface area contributed by atoms with Crippen LogP contribution in [0.5, 0.6) is 0 Å². The minimum atomic E-state index is -8.65. The number of anilines is 1. The van der Waals surface area contributed by atoms with Crippen LogP contribution in [0.15, 0.2) is 24.3 Å². The van der Waals surface area contributed by atoms with Crippen LogP contribution in [0, 0.1) is 5.82 Å². The Hall–Kier alpha value is -2.41. The molecule has 1 aliphatic heterocycles. The number of rotatable bonds is 9. The third-order valence-corrected chi connectivity index (χ3v) is 5.99. The van der Waals surface area contributed by atoms with Gasteiger partial charge in [-0.05, 0) is 23.7 Å². The van der Waals surface area contributed by atoms with Gasteiger partial charge in [0.25, 0.3) is 5.91 Å². The topological polar surface area (TPSA) is 23.6 Å². The zero-order valence-electron chi connectivity index (χ0n) is 18.7. The summed E-state index contributed by atoms with van der Waals surface area (Å²) in [6.07, 6.45) is 0. The normalized spacial score (nSPS) is 17.4. The Morgan fingerprint density at radius 2 is 0.975 bits per heavy atom. The summed E-state index contributed by atoms with van der Waals surface area (Å²) in [5, 5.41) is -6.88. The van der Waals surface area contributed by atoms with Gasteiger partial charge in [-0.15, -0.1) is 0 Å². The molecule has 0 bridgehead atoms. The van der Waals surface area contributed by atoms with E-state index in [1.165, 1.54) is 12.1 Å². The Morgan fingerprint density at radius 1 is 0.600 bits per heavy atom. The van der Waals surface area contributed by atoms with E-state index in [9.17, 15) is 79.4 Å². The second kappa shape index (κ2) is 9.85. The van der Waals surface area contributed by atoms with Crippen molar-refractivity contribution in [1.29, 1.82) is 0 Å². The first-order chi connectivity index (χ1) is 17.6. The molecule has 2 rings (SSSR count). The third-order valence-electron chi connectivity index (χ3n) is 5.75. The van der Waals surface area contributed by atoms with Crippen LogP contribution >= 0.6 is 11.6 Å². The standard InChI is InChI=1S/C19H12ClF17N2O/c20-19(36,37)18(34,35)17(32,33)16(30,31)15(28,29)14(26,27)13(24,25)12(22,23)11(40)39-7-5-38(6-8-39)10-4-2-1-3-9(10)21/h1-4H,5-8H2. The van der Waals surface area contributed by atoms with Gasteiger partial charge >= 0.3 is 46.8 Å². The fourth-order valence-electron chi connectivity index (χ4n) is 3.36. The van der Waals surface area contributed by atoms with Gasteiger partial charge in [-0.2, -0.15) is 70.2 Å². The van der Waals surface area contributed by atoms with E-state index >= 15 is 0 Å². The Labute approximate surface area is 216 Å². The van der Waals surface area contributed by atoms with E-state index in [1.54, 1.807) is 0 Å². The number of benzene rings is 1. The van der Waals surface area contributed by atoms with Crippen LogP contribution in [-0.4, -0.2) is 83.8 Å². The predicted molar refractivity (Wildman–Crippen MR) is 101 cm³/mol. The Morgan fingerprint density at radius 3 is 1.38 bits per heavy atom. The lowest BCUT2D eigenvalue weighted by Crippen LogP contribution is -2.75. The lowest BCUT2D eigenvalue weighted by Gasteiger charge is -2.43. The lowest BCUT2D eigenvalue weighted by molar-refractivity contribution is -0.446. The molecule has 1 aromatic carbocycles. The maximum atomic E-state index is 14.2. The highest BCUT2D eigenvalue weighted by atomic mass is 35.5. The van der Waals surface area contributed by atoms with Crippen LogP contribution in [0.3, 0.4) is 0 Å². The van der Waals surface area contributed by atoms with Gasteiger partial charge in [0.1, 0.15) is 5.82 Å². The van der Waals surface area contributed by atoms with Crippen LogP contribution in [0.2, 0.25) is 0 Å². The zero-order valence-corrected chi connectivity index (χ0v) is 19.5. The van der Waals surface area contributed by atoms with E-state index in [2.05, 4.69) is 11.6 Å². The van der Waals surface area contributed by atoms with Gasteiger partial charge in [0, 0.05) is 26.2 Å². The predicted octanol–water partition coefficient (Wildman–Crippen LogP) is 6.75. The van der Waals surface area contributed by atoms with Crippen molar-refractivity contribution in [2.75, 3.05) is 31.1 Å². The van der Waals surface area contributed by atoms with E-state index in [0.29, 0.717) is 0 Å². The molecule has 1 amide bonds. The molecule has 0 aromatic heterocycles.